The number of hydrogen-bond acceptors (Lipinski definition) is 3. The van der Waals surface area contributed by atoms with Crippen LogP contribution in [0.2, 0.25) is 0 Å². The molecule has 0 N–H and O–H groups in total. The molecule has 1 unspecified atom stereocenters. The average Bonchev–Trinajstić information content (AvgIpc) is 2.55. The SMILES string of the molecule is CC(=O)c1ccc(C2=CC(=O)OC(c3ccccc3)C2)cc1. The van der Waals surface area contributed by atoms with Crippen molar-refractivity contribution in [1.29, 1.82) is 0 Å². The molecule has 0 spiro atoms. The van der Waals surface area contributed by atoms with Crippen molar-refractivity contribution >= 4 is 17.3 Å². The van der Waals surface area contributed by atoms with Gasteiger partial charge >= 0.3 is 5.97 Å². The summed E-state index contributed by atoms with van der Waals surface area (Å²) >= 11 is 0. The fourth-order valence-corrected chi connectivity index (χ4v) is 2.59. The van der Waals surface area contributed by atoms with Crippen LogP contribution in [0.5, 0.6) is 0 Å². The number of ketones is 1. The Hall–Kier alpha value is -2.68. The number of cyclic esters (lactones) is 1. The number of carbonyl (C=O) groups is 2. The van der Waals surface area contributed by atoms with Gasteiger partial charge in [-0.3, -0.25) is 4.79 Å². The van der Waals surface area contributed by atoms with Gasteiger partial charge in [-0.1, -0.05) is 54.6 Å². The topological polar surface area (TPSA) is 43.4 Å². The lowest BCUT2D eigenvalue weighted by molar-refractivity contribution is -0.144. The van der Waals surface area contributed by atoms with Crippen molar-refractivity contribution in [2.24, 2.45) is 0 Å². The highest BCUT2D eigenvalue weighted by Gasteiger charge is 2.23. The Balaban J connectivity index is 1.87. The molecule has 0 saturated carbocycles. The van der Waals surface area contributed by atoms with Gasteiger partial charge in [0.15, 0.2) is 5.78 Å². The molecule has 0 amide bonds. The molecule has 2 aromatic carbocycles. The summed E-state index contributed by atoms with van der Waals surface area (Å²) in [6, 6.07) is 17.1. The molecule has 3 nitrogen and oxygen atoms in total. The average molecular weight is 292 g/mol. The molecule has 1 atom stereocenters. The first kappa shape index (κ1) is 14.3. The molecule has 0 bridgehead atoms. The van der Waals surface area contributed by atoms with Crippen LogP contribution in [0, 0.1) is 0 Å². The lowest BCUT2D eigenvalue weighted by atomic mass is 9.93. The van der Waals surface area contributed by atoms with Crippen molar-refractivity contribution in [3.8, 4) is 0 Å². The van der Waals surface area contributed by atoms with E-state index in [1.807, 2.05) is 42.5 Å². The van der Waals surface area contributed by atoms with E-state index in [0.717, 1.165) is 16.7 Å². The van der Waals surface area contributed by atoms with Gasteiger partial charge in [0.1, 0.15) is 6.10 Å². The molecule has 0 aromatic heterocycles. The third-order valence-corrected chi connectivity index (χ3v) is 3.79. The summed E-state index contributed by atoms with van der Waals surface area (Å²) in [6.45, 7) is 1.54. The highest BCUT2D eigenvalue weighted by molar-refractivity contribution is 5.96. The van der Waals surface area contributed by atoms with Crippen molar-refractivity contribution in [2.75, 3.05) is 0 Å². The molecule has 0 fully saturated rings. The van der Waals surface area contributed by atoms with Crippen LogP contribution in [0.15, 0.2) is 60.7 Å². The predicted octanol–water partition coefficient (Wildman–Crippen LogP) is 3.96. The van der Waals surface area contributed by atoms with Gasteiger partial charge in [-0.05, 0) is 23.6 Å². The highest BCUT2D eigenvalue weighted by Crippen LogP contribution is 2.34. The zero-order valence-corrected chi connectivity index (χ0v) is 12.3. The molecular weight excluding hydrogens is 276 g/mol. The van der Waals surface area contributed by atoms with E-state index in [4.69, 9.17) is 4.74 Å². The third kappa shape index (κ3) is 2.98. The molecule has 110 valence electrons. The lowest BCUT2D eigenvalue weighted by Gasteiger charge is -2.23. The van der Waals surface area contributed by atoms with E-state index in [1.54, 1.807) is 12.1 Å². The number of Topliss-reactive ketones (excluding diaryl/α,β-unsaturated/α-hetero) is 1. The first-order valence-corrected chi connectivity index (χ1v) is 7.21. The largest absolute Gasteiger partial charge is 0.454 e. The molecule has 2 aromatic rings. The minimum atomic E-state index is -0.328. The monoisotopic (exact) mass is 292 g/mol. The maximum Gasteiger partial charge on any atom is 0.331 e. The fourth-order valence-electron chi connectivity index (χ4n) is 2.59. The summed E-state index contributed by atoms with van der Waals surface area (Å²) in [5.74, 6) is -0.295. The van der Waals surface area contributed by atoms with E-state index in [0.29, 0.717) is 12.0 Å². The molecule has 1 aliphatic heterocycles. The normalized spacial score (nSPS) is 17.6. The Bertz CT molecular complexity index is 727. The molecule has 0 aliphatic carbocycles. The van der Waals surface area contributed by atoms with Gasteiger partial charge in [0.25, 0.3) is 0 Å². The predicted molar refractivity (Wildman–Crippen MR) is 84.3 cm³/mol. The van der Waals surface area contributed by atoms with Crippen molar-refractivity contribution in [3.63, 3.8) is 0 Å². The van der Waals surface area contributed by atoms with E-state index in [-0.39, 0.29) is 17.9 Å². The first-order chi connectivity index (χ1) is 10.6. The lowest BCUT2D eigenvalue weighted by Crippen LogP contribution is -2.15. The van der Waals surface area contributed by atoms with Gasteiger partial charge in [-0.2, -0.15) is 0 Å². The van der Waals surface area contributed by atoms with Crippen LogP contribution in [-0.4, -0.2) is 11.8 Å². The second-order valence-corrected chi connectivity index (χ2v) is 5.34. The molecule has 22 heavy (non-hydrogen) atoms. The van der Waals surface area contributed by atoms with Crippen LogP contribution in [0.3, 0.4) is 0 Å². The Morgan fingerprint density at radius 2 is 1.73 bits per heavy atom. The van der Waals surface area contributed by atoms with Crippen LogP contribution >= 0.6 is 0 Å². The van der Waals surface area contributed by atoms with Crippen LogP contribution in [-0.2, 0) is 9.53 Å². The summed E-state index contributed by atoms with van der Waals surface area (Å²) in [7, 11) is 0. The van der Waals surface area contributed by atoms with E-state index < -0.39 is 0 Å². The number of hydrogen-bond donors (Lipinski definition) is 0. The molecular formula is C19H16O3. The maximum atomic E-state index is 11.9. The van der Waals surface area contributed by atoms with Crippen molar-refractivity contribution in [2.45, 2.75) is 19.4 Å². The molecule has 0 saturated heterocycles. The third-order valence-electron chi connectivity index (χ3n) is 3.79. The quantitative estimate of drug-likeness (QED) is 0.635. The van der Waals surface area contributed by atoms with Crippen LogP contribution < -0.4 is 0 Å². The fraction of sp³-hybridized carbons (Fsp3) is 0.158. The summed E-state index contributed by atoms with van der Waals surface area (Å²) in [6.07, 6.45) is 1.90. The van der Waals surface area contributed by atoms with Gasteiger partial charge in [-0.15, -0.1) is 0 Å². The van der Waals surface area contributed by atoms with Gasteiger partial charge in [0.2, 0.25) is 0 Å². The van der Waals surface area contributed by atoms with E-state index in [9.17, 15) is 9.59 Å². The molecule has 0 radical (unpaired) electrons. The molecule has 1 heterocycles. The Morgan fingerprint density at radius 3 is 2.36 bits per heavy atom. The van der Waals surface area contributed by atoms with Gasteiger partial charge < -0.3 is 4.74 Å². The second-order valence-electron chi connectivity index (χ2n) is 5.34. The van der Waals surface area contributed by atoms with Gasteiger partial charge in [0.05, 0.1) is 0 Å². The summed E-state index contributed by atoms with van der Waals surface area (Å²) in [5.41, 5.74) is 3.53. The first-order valence-electron chi connectivity index (χ1n) is 7.21. The standard InChI is InChI=1S/C19H16O3/c1-13(20)14-7-9-15(10-8-14)17-11-18(22-19(21)12-17)16-5-3-2-4-6-16/h2-10,12,18H,11H2,1H3. The molecule has 1 aliphatic rings. The smallest absolute Gasteiger partial charge is 0.331 e. The summed E-state index contributed by atoms with van der Waals surface area (Å²) < 4.78 is 5.42. The van der Waals surface area contributed by atoms with E-state index in [2.05, 4.69) is 0 Å². The minimum absolute atomic E-state index is 0.0331. The Morgan fingerprint density at radius 1 is 1.05 bits per heavy atom. The highest BCUT2D eigenvalue weighted by atomic mass is 16.5. The van der Waals surface area contributed by atoms with E-state index in [1.165, 1.54) is 13.0 Å². The van der Waals surface area contributed by atoms with Gasteiger partial charge in [-0.25, -0.2) is 4.79 Å². The van der Waals surface area contributed by atoms with E-state index >= 15 is 0 Å². The van der Waals surface area contributed by atoms with Crippen LogP contribution in [0.1, 0.15) is 40.9 Å². The van der Waals surface area contributed by atoms with Crippen LogP contribution in [0.4, 0.5) is 0 Å². The van der Waals surface area contributed by atoms with Gasteiger partial charge in [0, 0.05) is 18.1 Å². The zero-order valence-electron chi connectivity index (χ0n) is 12.3. The van der Waals surface area contributed by atoms with Crippen molar-refractivity contribution in [3.05, 3.63) is 77.4 Å². The second kappa shape index (κ2) is 5.98. The van der Waals surface area contributed by atoms with Crippen LogP contribution in [0.25, 0.3) is 5.57 Å². The zero-order chi connectivity index (χ0) is 15.5. The Labute approximate surface area is 129 Å². The number of benzene rings is 2. The number of carbonyl (C=O) groups excluding carboxylic acids is 2. The molecule has 3 heteroatoms. The number of rotatable bonds is 3. The Kier molecular flexibility index (Phi) is 3.88. The molecule has 3 rings (SSSR count). The van der Waals surface area contributed by atoms with Crippen molar-refractivity contribution < 1.29 is 14.3 Å². The maximum absolute atomic E-state index is 11.9. The summed E-state index contributed by atoms with van der Waals surface area (Å²) in [4.78, 5) is 23.2. The number of ether oxygens (including phenoxy) is 1. The summed E-state index contributed by atoms with van der Waals surface area (Å²) in [5, 5.41) is 0. The minimum Gasteiger partial charge on any atom is -0.454 e. The number of esters is 1. The van der Waals surface area contributed by atoms with Crippen molar-refractivity contribution in [1.82, 2.24) is 0 Å².